The monoisotopic (exact) mass is 399 g/mol. The van der Waals surface area contributed by atoms with Crippen molar-refractivity contribution in [1.29, 1.82) is 0 Å². The van der Waals surface area contributed by atoms with Gasteiger partial charge in [-0.2, -0.15) is 13.2 Å². The van der Waals surface area contributed by atoms with Gasteiger partial charge < -0.3 is 19.5 Å². The molecule has 0 aliphatic carbocycles. The van der Waals surface area contributed by atoms with Crippen LogP contribution in [0, 0.1) is 0 Å². The van der Waals surface area contributed by atoms with E-state index in [1.54, 1.807) is 31.2 Å². The summed E-state index contributed by atoms with van der Waals surface area (Å²) < 4.78 is 55.9. The first-order valence-electron chi connectivity index (χ1n) is 8.13. The molecule has 8 heteroatoms. The minimum absolute atomic E-state index is 0.118. The Hall–Kier alpha value is -2.48. The molecule has 0 amide bonds. The lowest BCUT2D eigenvalue weighted by Gasteiger charge is -2.18. The van der Waals surface area contributed by atoms with Crippen molar-refractivity contribution >= 4 is 23.1 Å². The van der Waals surface area contributed by atoms with Gasteiger partial charge in [-0.25, -0.2) is 0 Å². The summed E-state index contributed by atoms with van der Waals surface area (Å²) in [4.78, 5) is 0. The molecule has 0 saturated heterocycles. The molecular weight excluding hydrogens is 379 g/mol. The summed E-state index contributed by atoms with van der Waals surface area (Å²) in [7, 11) is 2.88. The van der Waals surface area contributed by atoms with E-state index < -0.39 is 11.7 Å². The fourth-order valence-electron chi connectivity index (χ4n) is 2.48. The molecule has 27 heavy (non-hydrogen) atoms. The Morgan fingerprint density at radius 2 is 1.85 bits per heavy atom. The topological polar surface area (TPSA) is 39.7 Å². The maximum absolute atomic E-state index is 13.4. The number of benzene rings is 2. The standard InChI is InChI=1S/C19H20F3NO3S/c1-4-12-8-9-17(14(10-12)19(20,21)22)26-11-13-15(23-18(27)25-3)6-5-7-16(13)24-2/h5-10H,4,11H2,1-3H3,(H,23,27). The molecule has 2 aromatic rings. The summed E-state index contributed by atoms with van der Waals surface area (Å²) in [5, 5.41) is 2.98. The van der Waals surface area contributed by atoms with Gasteiger partial charge in [-0.05, 0) is 48.5 Å². The van der Waals surface area contributed by atoms with Crippen LogP contribution < -0.4 is 14.8 Å². The molecule has 146 valence electrons. The fraction of sp³-hybridized carbons (Fsp3) is 0.316. The lowest BCUT2D eigenvalue weighted by molar-refractivity contribution is -0.139. The average Bonchev–Trinajstić information content (AvgIpc) is 2.65. The number of methoxy groups -OCH3 is 2. The van der Waals surface area contributed by atoms with Gasteiger partial charge in [-0.15, -0.1) is 0 Å². The Kier molecular flexibility index (Phi) is 6.90. The molecule has 0 fully saturated rings. The second kappa shape index (κ2) is 8.94. The van der Waals surface area contributed by atoms with Gasteiger partial charge in [0, 0.05) is 0 Å². The molecule has 0 heterocycles. The number of aryl methyl sites for hydroxylation is 1. The Labute approximate surface area is 161 Å². The van der Waals surface area contributed by atoms with Crippen LogP contribution in [0.15, 0.2) is 36.4 Å². The van der Waals surface area contributed by atoms with Crippen LogP contribution in [0.3, 0.4) is 0 Å². The highest BCUT2D eigenvalue weighted by molar-refractivity contribution is 7.80. The third-order valence-electron chi connectivity index (χ3n) is 3.90. The predicted octanol–water partition coefficient (Wildman–Crippen LogP) is 5.20. The zero-order valence-electron chi connectivity index (χ0n) is 15.1. The van der Waals surface area contributed by atoms with Crippen molar-refractivity contribution in [2.24, 2.45) is 0 Å². The van der Waals surface area contributed by atoms with Crippen LogP contribution in [0.1, 0.15) is 23.6 Å². The lowest BCUT2D eigenvalue weighted by atomic mass is 10.1. The first kappa shape index (κ1) is 20.8. The molecule has 0 aliphatic rings. The van der Waals surface area contributed by atoms with E-state index in [1.807, 2.05) is 0 Å². The highest BCUT2D eigenvalue weighted by Gasteiger charge is 2.34. The first-order valence-corrected chi connectivity index (χ1v) is 8.54. The van der Waals surface area contributed by atoms with Crippen molar-refractivity contribution in [3.05, 3.63) is 53.1 Å². The van der Waals surface area contributed by atoms with E-state index in [-0.39, 0.29) is 17.5 Å². The van der Waals surface area contributed by atoms with E-state index in [0.29, 0.717) is 29.0 Å². The maximum atomic E-state index is 13.4. The third kappa shape index (κ3) is 5.26. The van der Waals surface area contributed by atoms with Gasteiger partial charge in [0.1, 0.15) is 18.1 Å². The molecule has 0 spiro atoms. The van der Waals surface area contributed by atoms with Gasteiger partial charge in [-0.1, -0.05) is 19.1 Å². The van der Waals surface area contributed by atoms with Crippen LogP contribution in [0.5, 0.6) is 11.5 Å². The molecule has 4 nitrogen and oxygen atoms in total. The Balaban J connectivity index is 2.35. The number of alkyl halides is 3. The molecular formula is C19H20F3NO3S. The van der Waals surface area contributed by atoms with Crippen molar-refractivity contribution in [2.75, 3.05) is 19.5 Å². The molecule has 0 aromatic heterocycles. The quantitative estimate of drug-likeness (QED) is 0.676. The zero-order valence-corrected chi connectivity index (χ0v) is 16.0. The molecule has 2 rings (SSSR count). The number of hydrogen-bond acceptors (Lipinski definition) is 4. The van der Waals surface area contributed by atoms with E-state index >= 15 is 0 Å². The largest absolute Gasteiger partial charge is 0.496 e. The number of anilines is 1. The summed E-state index contributed by atoms with van der Waals surface area (Å²) in [6.07, 6.45) is -4.02. The first-order chi connectivity index (χ1) is 12.8. The van der Waals surface area contributed by atoms with Crippen LogP contribution in [0.4, 0.5) is 18.9 Å². The van der Waals surface area contributed by atoms with E-state index in [4.69, 9.17) is 26.4 Å². The van der Waals surface area contributed by atoms with Gasteiger partial charge >= 0.3 is 6.18 Å². The Morgan fingerprint density at radius 3 is 2.44 bits per heavy atom. The second-order valence-electron chi connectivity index (χ2n) is 5.57. The average molecular weight is 399 g/mol. The summed E-state index contributed by atoms with van der Waals surface area (Å²) in [5.74, 6) is 0.212. The molecule has 0 aliphatic heterocycles. The molecule has 0 radical (unpaired) electrons. The Morgan fingerprint density at radius 1 is 1.11 bits per heavy atom. The number of halogens is 3. The number of ether oxygens (including phenoxy) is 3. The summed E-state index contributed by atoms with van der Waals surface area (Å²) in [5.41, 5.74) is 0.825. The minimum Gasteiger partial charge on any atom is -0.496 e. The van der Waals surface area contributed by atoms with Gasteiger partial charge in [0.2, 0.25) is 0 Å². The van der Waals surface area contributed by atoms with E-state index in [2.05, 4.69) is 5.32 Å². The number of rotatable bonds is 6. The maximum Gasteiger partial charge on any atom is 0.419 e. The third-order valence-corrected chi connectivity index (χ3v) is 4.17. The fourth-order valence-corrected chi connectivity index (χ4v) is 2.59. The van der Waals surface area contributed by atoms with Crippen LogP contribution in [0.2, 0.25) is 0 Å². The Bertz CT molecular complexity index is 809. The lowest BCUT2D eigenvalue weighted by Crippen LogP contribution is -2.14. The summed E-state index contributed by atoms with van der Waals surface area (Å²) in [6.45, 7) is 1.65. The van der Waals surface area contributed by atoms with E-state index in [0.717, 1.165) is 6.07 Å². The number of nitrogens with one attached hydrogen (secondary N) is 1. The molecule has 1 N–H and O–H groups in total. The van der Waals surface area contributed by atoms with Gasteiger partial charge in [0.15, 0.2) is 0 Å². The smallest absolute Gasteiger partial charge is 0.419 e. The van der Waals surface area contributed by atoms with Crippen molar-refractivity contribution in [3.8, 4) is 11.5 Å². The van der Waals surface area contributed by atoms with Crippen LogP contribution >= 0.6 is 12.2 Å². The predicted molar refractivity (Wildman–Crippen MR) is 101 cm³/mol. The summed E-state index contributed by atoms with van der Waals surface area (Å²) in [6, 6.07) is 9.18. The van der Waals surface area contributed by atoms with E-state index in [1.165, 1.54) is 20.3 Å². The SMILES string of the molecule is CCc1ccc(OCc2c(NC(=S)OC)cccc2OC)c(C(F)(F)F)c1. The van der Waals surface area contributed by atoms with E-state index in [9.17, 15) is 13.2 Å². The van der Waals surface area contributed by atoms with Gasteiger partial charge in [0.25, 0.3) is 5.17 Å². The van der Waals surface area contributed by atoms with Crippen LogP contribution in [-0.2, 0) is 23.9 Å². The summed E-state index contributed by atoms with van der Waals surface area (Å²) >= 11 is 4.99. The van der Waals surface area contributed by atoms with Crippen molar-refractivity contribution in [2.45, 2.75) is 26.1 Å². The van der Waals surface area contributed by atoms with Crippen molar-refractivity contribution in [3.63, 3.8) is 0 Å². The molecule has 0 unspecified atom stereocenters. The number of thiocarbonyl (C=S) groups is 1. The zero-order chi connectivity index (χ0) is 20.0. The minimum atomic E-state index is -4.51. The highest BCUT2D eigenvalue weighted by atomic mass is 32.1. The van der Waals surface area contributed by atoms with Crippen LogP contribution in [-0.4, -0.2) is 19.4 Å². The van der Waals surface area contributed by atoms with Gasteiger partial charge in [-0.3, -0.25) is 0 Å². The van der Waals surface area contributed by atoms with Crippen LogP contribution in [0.25, 0.3) is 0 Å². The number of hydrogen-bond donors (Lipinski definition) is 1. The molecule has 0 atom stereocenters. The van der Waals surface area contributed by atoms with Gasteiger partial charge in [0.05, 0.1) is 31.0 Å². The molecule has 0 saturated carbocycles. The molecule has 2 aromatic carbocycles. The normalized spacial score (nSPS) is 11.0. The molecule has 0 bridgehead atoms. The second-order valence-corrected chi connectivity index (χ2v) is 5.94. The highest BCUT2D eigenvalue weighted by Crippen LogP contribution is 2.38. The van der Waals surface area contributed by atoms with Crippen molar-refractivity contribution in [1.82, 2.24) is 0 Å². The van der Waals surface area contributed by atoms with Crippen molar-refractivity contribution < 1.29 is 27.4 Å².